The molecule has 0 unspecified atom stereocenters. The van der Waals surface area contributed by atoms with E-state index in [1.165, 1.54) is 0 Å². The van der Waals surface area contributed by atoms with Gasteiger partial charge in [-0.15, -0.1) is 0 Å². The van der Waals surface area contributed by atoms with Crippen molar-refractivity contribution in [2.75, 3.05) is 0 Å². The summed E-state index contributed by atoms with van der Waals surface area (Å²) in [6.07, 6.45) is 0. The van der Waals surface area contributed by atoms with Gasteiger partial charge < -0.3 is 0 Å². The summed E-state index contributed by atoms with van der Waals surface area (Å²) in [7, 11) is 0. The molecule has 0 bridgehead atoms. The van der Waals surface area contributed by atoms with Gasteiger partial charge in [-0.1, -0.05) is 0 Å². The normalized spacial score (nSPS) is 9.74. The second-order valence-electron chi connectivity index (χ2n) is 4.75. The Bertz CT molecular complexity index is 964. The van der Waals surface area contributed by atoms with Gasteiger partial charge in [0.15, 0.2) is 0 Å². The van der Waals surface area contributed by atoms with Crippen LogP contribution in [0.2, 0.25) is 0 Å². The summed E-state index contributed by atoms with van der Waals surface area (Å²) in [6, 6.07) is 15.2. The van der Waals surface area contributed by atoms with Crippen LogP contribution in [-0.4, -0.2) is 9.97 Å². The zero-order chi connectivity index (χ0) is 15.5. The Morgan fingerprint density at radius 1 is 0.696 bits per heavy atom. The zero-order valence-corrected chi connectivity index (χ0v) is 17.5. The van der Waals surface area contributed by atoms with E-state index in [-0.39, 0.29) is 0 Å². The van der Waals surface area contributed by atoms with E-state index in [1.54, 1.807) is 0 Å². The van der Waals surface area contributed by atoms with Gasteiger partial charge in [-0.3, -0.25) is 0 Å². The maximum atomic E-state index is 5.54. The Balaban J connectivity index is 1.48. The average molecular weight is 485 g/mol. The number of oxazole rings is 2. The molecule has 4 aromatic rings. The molecule has 0 N–H and O–H groups in total. The maximum absolute atomic E-state index is 5.54. The quantitative estimate of drug-likeness (QED) is 0.284. The van der Waals surface area contributed by atoms with Crippen molar-refractivity contribution in [3.63, 3.8) is 0 Å². The fraction of sp³-hybridized carbons (Fsp3) is 0. The number of hydrogen-bond acceptors (Lipinski definition) is 4. The summed E-state index contributed by atoms with van der Waals surface area (Å²) in [6.45, 7) is 0. The van der Waals surface area contributed by atoms with E-state index in [9.17, 15) is 0 Å². The van der Waals surface area contributed by atoms with Crippen molar-refractivity contribution in [2.24, 2.45) is 0 Å². The molecular weight excluding hydrogens is 477 g/mol. The molecule has 0 aliphatic heterocycles. The molecule has 2 aromatic carbocycles. The Kier molecular flexibility index (Phi) is 3.84. The average Bonchev–Trinajstić information content (AvgIpc) is 3.17. The molecule has 4 nitrogen and oxygen atoms in total. The van der Waals surface area contributed by atoms with Gasteiger partial charge in [0.25, 0.3) is 0 Å². The molecule has 2 aromatic heterocycles. The monoisotopic (exact) mass is 486 g/mol. The Morgan fingerprint density at radius 3 is 1.65 bits per heavy atom. The third-order valence-corrected chi connectivity index (χ3v) is 5.90. The van der Waals surface area contributed by atoms with Crippen LogP contribution in [0.5, 0.6) is 0 Å². The van der Waals surface area contributed by atoms with E-state index in [1.807, 2.05) is 48.5 Å². The van der Waals surface area contributed by atoms with Crippen molar-refractivity contribution in [1.82, 2.24) is 9.97 Å². The number of fused-ring (bicyclic) bond motifs is 2. The van der Waals surface area contributed by atoms with Gasteiger partial charge in [0, 0.05) is 0 Å². The van der Waals surface area contributed by atoms with Crippen LogP contribution in [0.4, 0.5) is 0 Å². The van der Waals surface area contributed by atoms with Gasteiger partial charge in [-0.25, -0.2) is 0 Å². The van der Waals surface area contributed by atoms with Crippen molar-refractivity contribution in [3.05, 3.63) is 60.3 Å². The van der Waals surface area contributed by atoms with Crippen molar-refractivity contribution < 1.29 is 33.4 Å². The predicted molar refractivity (Wildman–Crippen MR) is 81.8 cm³/mol. The number of para-hydroxylation sites is 4. The molecule has 0 amide bonds. The molecule has 0 aliphatic rings. The fourth-order valence-electron chi connectivity index (χ4n) is 2.14. The van der Waals surface area contributed by atoms with Crippen LogP contribution in [0.1, 0.15) is 11.8 Å². The van der Waals surface area contributed by atoms with Crippen molar-refractivity contribution in [3.8, 4) is 18.7 Å². The summed E-state index contributed by atoms with van der Waals surface area (Å²) in [4.78, 5) is 8.63. The van der Waals surface area contributed by atoms with E-state index in [0.29, 0.717) is 11.8 Å². The second-order valence-corrected chi connectivity index (χ2v) is 8.88. The molecule has 0 spiro atoms. The number of aromatic nitrogens is 2. The SMILES string of the molecule is [C](#Cc1nc2ccccc2o1)[Hg][C]#Cc1nc2ccccc2o1. The van der Waals surface area contributed by atoms with E-state index >= 15 is 0 Å². The zero-order valence-electron chi connectivity index (χ0n) is 12.0. The minimum absolute atomic E-state index is 0.454. The molecule has 0 saturated heterocycles. The number of nitrogens with zero attached hydrogens (tertiary/aromatic N) is 2. The molecule has 23 heavy (non-hydrogen) atoms. The van der Waals surface area contributed by atoms with Gasteiger partial charge in [0.1, 0.15) is 0 Å². The van der Waals surface area contributed by atoms with Crippen molar-refractivity contribution >= 4 is 22.2 Å². The number of benzene rings is 2. The molecule has 5 heteroatoms. The van der Waals surface area contributed by atoms with Crippen LogP contribution in [0.25, 0.3) is 22.2 Å². The van der Waals surface area contributed by atoms with Crippen LogP contribution in [0, 0.1) is 18.7 Å². The third-order valence-electron chi connectivity index (χ3n) is 3.16. The van der Waals surface area contributed by atoms with Crippen LogP contribution in [-0.2, 0) is 24.6 Å². The molecule has 0 saturated carbocycles. The van der Waals surface area contributed by atoms with Crippen LogP contribution >= 0.6 is 0 Å². The van der Waals surface area contributed by atoms with Crippen molar-refractivity contribution in [1.29, 1.82) is 0 Å². The van der Waals surface area contributed by atoms with E-state index in [0.717, 1.165) is 22.2 Å². The van der Waals surface area contributed by atoms with Gasteiger partial charge in [0.2, 0.25) is 0 Å². The molecule has 0 fully saturated rings. The first-order valence-electron chi connectivity index (χ1n) is 7.07. The molecule has 104 valence electrons. The topological polar surface area (TPSA) is 52.1 Å². The molecule has 4 rings (SSSR count). The predicted octanol–water partition coefficient (Wildman–Crippen LogP) is 3.37. The van der Waals surface area contributed by atoms with Crippen molar-refractivity contribution in [2.45, 2.75) is 0 Å². The Morgan fingerprint density at radius 2 is 1.17 bits per heavy atom. The first-order chi connectivity index (χ1) is 11.4. The summed E-state index contributed by atoms with van der Waals surface area (Å²) >= 11 is -1.62. The summed E-state index contributed by atoms with van der Waals surface area (Å²) < 4.78 is 17.4. The van der Waals surface area contributed by atoms with Gasteiger partial charge in [0.05, 0.1) is 0 Å². The second kappa shape index (κ2) is 6.28. The fourth-order valence-corrected chi connectivity index (χ4v) is 4.34. The molecule has 0 atom stereocenters. The molecule has 0 radical (unpaired) electrons. The summed E-state index contributed by atoms with van der Waals surface area (Å²) in [5.41, 5.74) is 3.16. The molecule has 2 heterocycles. The number of rotatable bonds is 0. The molecular formula is C18H8HgN2O2. The van der Waals surface area contributed by atoms with Gasteiger partial charge in [-0.05, 0) is 0 Å². The van der Waals surface area contributed by atoms with Crippen LogP contribution in [0.15, 0.2) is 57.4 Å². The molecule has 0 aliphatic carbocycles. The van der Waals surface area contributed by atoms with Gasteiger partial charge >= 0.3 is 145 Å². The Labute approximate surface area is 144 Å². The first kappa shape index (κ1) is 14.1. The number of hydrogen-bond donors (Lipinski definition) is 0. The van der Waals surface area contributed by atoms with E-state index in [4.69, 9.17) is 8.83 Å². The van der Waals surface area contributed by atoms with Crippen LogP contribution in [0.3, 0.4) is 0 Å². The summed E-state index contributed by atoms with van der Waals surface area (Å²) in [5, 5.41) is 0. The summed E-state index contributed by atoms with van der Waals surface area (Å²) in [5.74, 6) is 6.84. The van der Waals surface area contributed by atoms with E-state index < -0.39 is 24.6 Å². The van der Waals surface area contributed by atoms with Crippen LogP contribution < -0.4 is 0 Å². The third kappa shape index (κ3) is 3.13. The van der Waals surface area contributed by atoms with Gasteiger partial charge in [-0.2, -0.15) is 0 Å². The first-order valence-corrected chi connectivity index (χ1v) is 12.6. The van der Waals surface area contributed by atoms with E-state index in [2.05, 4.69) is 28.7 Å². The Hall–Kier alpha value is -2.56. The minimum atomic E-state index is -1.62. The standard InChI is InChI=1S/2C9H4NO.Hg/c2*1-2-9-10-7-5-3-4-6-8(7)11-9;/h2*3-6H;.